The minimum Gasteiger partial charge on any atom is -0.484 e. The third-order valence-electron chi connectivity index (χ3n) is 6.31. The zero-order valence-corrected chi connectivity index (χ0v) is 16.1. The van der Waals surface area contributed by atoms with E-state index in [4.69, 9.17) is 4.74 Å². The van der Waals surface area contributed by atoms with E-state index in [2.05, 4.69) is 10.2 Å². The number of aromatic amines is 1. The minimum atomic E-state index is -0.0152. The van der Waals surface area contributed by atoms with E-state index in [1.165, 1.54) is 44.1 Å². The molecule has 1 amide bonds. The molecule has 27 heavy (non-hydrogen) atoms. The van der Waals surface area contributed by atoms with Crippen LogP contribution in [0.2, 0.25) is 0 Å². The van der Waals surface area contributed by atoms with E-state index in [-0.39, 0.29) is 12.5 Å². The van der Waals surface area contributed by atoms with E-state index in [0.29, 0.717) is 5.92 Å². The first-order valence-electron chi connectivity index (χ1n) is 10.2. The Balaban J connectivity index is 1.44. The van der Waals surface area contributed by atoms with Gasteiger partial charge in [0.25, 0.3) is 5.91 Å². The molecule has 144 valence electrons. The smallest absolute Gasteiger partial charge is 0.266 e. The molecule has 1 aromatic carbocycles. The van der Waals surface area contributed by atoms with Crippen molar-refractivity contribution in [2.45, 2.75) is 45.4 Å². The highest BCUT2D eigenvalue weighted by molar-refractivity contribution is 5.93. The SMILES string of the molecule is Cc1ccc(OCC(=O)N(CC2CCCC3CCC2C3)c2ccn[nH]2)cc1. The number of hydrogen-bond donors (Lipinski definition) is 1. The second-order valence-corrected chi connectivity index (χ2v) is 8.18. The van der Waals surface area contributed by atoms with Gasteiger partial charge in [-0.25, -0.2) is 0 Å². The summed E-state index contributed by atoms with van der Waals surface area (Å²) in [4.78, 5) is 14.9. The number of rotatable bonds is 6. The van der Waals surface area contributed by atoms with Gasteiger partial charge in [-0.1, -0.05) is 37.0 Å². The Morgan fingerprint density at radius 2 is 2.04 bits per heavy atom. The van der Waals surface area contributed by atoms with Crippen LogP contribution in [-0.2, 0) is 4.79 Å². The molecule has 1 heterocycles. The highest BCUT2D eigenvalue weighted by Crippen LogP contribution is 2.43. The van der Waals surface area contributed by atoms with E-state index < -0.39 is 0 Å². The van der Waals surface area contributed by atoms with Crippen molar-refractivity contribution < 1.29 is 9.53 Å². The summed E-state index contributed by atoms with van der Waals surface area (Å²) >= 11 is 0. The van der Waals surface area contributed by atoms with Gasteiger partial charge in [-0.05, 0) is 56.1 Å². The molecule has 2 saturated carbocycles. The maximum absolute atomic E-state index is 13.0. The predicted octanol–water partition coefficient (Wildman–Crippen LogP) is 4.35. The van der Waals surface area contributed by atoms with Crippen LogP contribution < -0.4 is 9.64 Å². The molecule has 1 N–H and O–H groups in total. The van der Waals surface area contributed by atoms with Crippen LogP contribution in [0.5, 0.6) is 5.75 Å². The number of aryl methyl sites for hydroxylation is 1. The van der Waals surface area contributed by atoms with Crippen LogP contribution in [0.3, 0.4) is 0 Å². The molecule has 4 rings (SSSR count). The number of carbonyl (C=O) groups excluding carboxylic acids is 1. The van der Waals surface area contributed by atoms with E-state index in [0.717, 1.165) is 29.9 Å². The van der Waals surface area contributed by atoms with E-state index >= 15 is 0 Å². The molecule has 2 bridgehead atoms. The third kappa shape index (κ3) is 4.34. The number of H-pyrrole nitrogens is 1. The summed E-state index contributed by atoms with van der Waals surface area (Å²) in [5, 5.41) is 7.02. The minimum absolute atomic E-state index is 0.0152. The molecule has 2 aliphatic rings. The fourth-order valence-corrected chi connectivity index (χ4v) is 4.77. The third-order valence-corrected chi connectivity index (χ3v) is 6.31. The lowest BCUT2D eigenvalue weighted by Crippen LogP contribution is -2.40. The highest BCUT2D eigenvalue weighted by Gasteiger charge is 2.35. The monoisotopic (exact) mass is 367 g/mol. The van der Waals surface area contributed by atoms with Crippen molar-refractivity contribution in [1.82, 2.24) is 10.2 Å². The normalized spacial score (nSPS) is 24.4. The summed E-state index contributed by atoms with van der Waals surface area (Å²) in [5.74, 6) is 3.73. The van der Waals surface area contributed by atoms with Gasteiger partial charge in [0.15, 0.2) is 6.61 Å². The molecule has 3 unspecified atom stereocenters. The van der Waals surface area contributed by atoms with Gasteiger partial charge in [0, 0.05) is 12.6 Å². The Morgan fingerprint density at radius 1 is 1.19 bits per heavy atom. The Morgan fingerprint density at radius 3 is 2.81 bits per heavy atom. The summed E-state index contributed by atoms with van der Waals surface area (Å²) in [7, 11) is 0. The molecule has 5 heteroatoms. The molecule has 2 fully saturated rings. The zero-order valence-electron chi connectivity index (χ0n) is 16.1. The van der Waals surface area contributed by atoms with Crippen LogP contribution in [0, 0.1) is 24.7 Å². The van der Waals surface area contributed by atoms with Crippen molar-refractivity contribution in [3.63, 3.8) is 0 Å². The first kappa shape index (κ1) is 18.1. The average molecular weight is 367 g/mol. The van der Waals surface area contributed by atoms with Crippen LogP contribution in [0.1, 0.15) is 44.1 Å². The molecule has 3 atom stereocenters. The summed E-state index contributed by atoms with van der Waals surface area (Å²) < 4.78 is 5.75. The molecule has 0 saturated heterocycles. The quantitative estimate of drug-likeness (QED) is 0.826. The molecular formula is C22H29N3O2. The summed E-state index contributed by atoms with van der Waals surface area (Å²) in [5.41, 5.74) is 1.18. The largest absolute Gasteiger partial charge is 0.484 e. The van der Waals surface area contributed by atoms with Crippen molar-refractivity contribution >= 4 is 11.7 Å². The highest BCUT2D eigenvalue weighted by atomic mass is 16.5. The second kappa shape index (κ2) is 8.15. The maximum Gasteiger partial charge on any atom is 0.266 e. The molecular weight excluding hydrogens is 338 g/mol. The van der Waals surface area contributed by atoms with Crippen LogP contribution in [0.25, 0.3) is 0 Å². The van der Waals surface area contributed by atoms with Gasteiger partial charge in [-0.2, -0.15) is 5.10 Å². The second-order valence-electron chi connectivity index (χ2n) is 8.18. The maximum atomic E-state index is 13.0. The molecule has 1 aromatic heterocycles. The van der Waals surface area contributed by atoms with Gasteiger partial charge in [0.2, 0.25) is 0 Å². The van der Waals surface area contributed by atoms with Gasteiger partial charge in [-0.15, -0.1) is 0 Å². The number of fused-ring (bicyclic) bond motifs is 2. The van der Waals surface area contributed by atoms with Crippen molar-refractivity contribution in [1.29, 1.82) is 0 Å². The van der Waals surface area contributed by atoms with E-state index in [1.54, 1.807) is 6.20 Å². The van der Waals surface area contributed by atoms with Crippen molar-refractivity contribution in [2.24, 2.45) is 17.8 Å². The van der Waals surface area contributed by atoms with Crippen LogP contribution in [-0.4, -0.2) is 29.3 Å². The Labute approximate surface area is 161 Å². The number of benzene rings is 1. The number of hydrogen-bond acceptors (Lipinski definition) is 3. The first-order chi connectivity index (χ1) is 13.2. The lowest BCUT2D eigenvalue weighted by molar-refractivity contribution is -0.120. The molecule has 0 radical (unpaired) electrons. The molecule has 0 aliphatic heterocycles. The number of ether oxygens (including phenoxy) is 1. The fourth-order valence-electron chi connectivity index (χ4n) is 4.77. The van der Waals surface area contributed by atoms with Gasteiger partial charge in [0.1, 0.15) is 11.6 Å². The van der Waals surface area contributed by atoms with Gasteiger partial charge < -0.3 is 4.74 Å². The van der Waals surface area contributed by atoms with E-state index in [9.17, 15) is 4.79 Å². The molecule has 2 aliphatic carbocycles. The zero-order chi connectivity index (χ0) is 18.6. The summed E-state index contributed by atoms with van der Waals surface area (Å²) in [6.07, 6.45) is 9.61. The number of nitrogens with zero attached hydrogens (tertiary/aromatic N) is 2. The Bertz CT molecular complexity index is 741. The number of anilines is 1. The molecule has 5 nitrogen and oxygen atoms in total. The topological polar surface area (TPSA) is 58.2 Å². The molecule has 0 spiro atoms. The fraction of sp³-hybridized carbons (Fsp3) is 0.545. The van der Waals surface area contributed by atoms with Gasteiger partial charge in [-0.3, -0.25) is 14.8 Å². The molecule has 2 aromatic rings. The summed E-state index contributed by atoms with van der Waals surface area (Å²) in [6, 6.07) is 9.68. The van der Waals surface area contributed by atoms with Crippen molar-refractivity contribution in [3.8, 4) is 5.75 Å². The standard InChI is InChI=1S/C22H29N3O2/c1-16-5-9-20(10-6-16)27-15-22(26)25(21-11-12-23-24-21)14-19-4-2-3-17-7-8-18(19)13-17/h5-6,9-12,17-19H,2-4,7-8,13-15H2,1H3,(H,23,24). The van der Waals surface area contributed by atoms with Crippen molar-refractivity contribution in [3.05, 3.63) is 42.1 Å². The lowest BCUT2D eigenvalue weighted by atomic mass is 9.87. The Kier molecular flexibility index (Phi) is 5.46. The predicted molar refractivity (Wildman–Crippen MR) is 106 cm³/mol. The van der Waals surface area contributed by atoms with Crippen LogP contribution >= 0.6 is 0 Å². The first-order valence-corrected chi connectivity index (χ1v) is 10.2. The number of nitrogens with one attached hydrogen (secondary N) is 1. The Hall–Kier alpha value is -2.30. The average Bonchev–Trinajstić information content (AvgIpc) is 3.31. The lowest BCUT2D eigenvalue weighted by Gasteiger charge is -2.29. The van der Waals surface area contributed by atoms with Gasteiger partial charge >= 0.3 is 0 Å². The number of amides is 1. The number of carbonyl (C=O) groups is 1. The van der Waals surface area contributed by atoms with E-state index in [1.807, 2.05) is 42.2 Å². The van der Waals surface area contributed by atoms with Crippen molar-refractivity contribution in [2.75, 3.05) is 18.1 Å². The van der Waals surface area contributed by atoms with Crippen LogP contribution in [0.4, 0.5) is 5.82 Å². The van der Waals surface area contributed by atoms with Crippen LogP contribution in [0.15, 0.2) is 36.5 Å². The number of aromatic nitrogens is 2. The van der Waals surface area contributed by atoms with Gasteiger partial charge in [0.05, 0.1) is 6.20 Å². The summed E-state index contributed by atoms with van der Waals surface area (Å²) in [6.45, 7) is 2.84.